The number of carbonyl (C=O) groups excluding carboxylic acids is 1. The number of carbonyl (C=O) groups is 1. The van der Waals surface area contributed by atoms with E-state index < -0.39 is 0 Å². The average molecular weight is 178 g/mol. The van der Waals surface area contributed by atoms with Crippen molar-refractivity contribution in [3.63, 3.8) is 0 Å². The first-order valence-electron chi connectivity index (χ1n) is 4.85. The van der Waals surface area contributed by atoms with E-state index in [1.807, 2.05) is 0 Å². The van der Waals surface area contributed by atoms with E-state index >= 15 is 0 Å². The smallest absolute Gasteiger partial charge is 1.00 e. The molecule has 0 N–H and O–H groups in total. The van der Waals surface area contributed by atoms with Crippen LogP contribution >= 0.6 is 0 Å². The summed E-state index contributed by atoms with van der Waals surface area (Å²) in [5.41, 5.74) is -0.139. The van der Waals surface area contributed by atoms with Crippen LogP contribution in [0.4, 0.5) is 0 Å². The van der Waals surface area contributed by atoms with Crippen molar-refractivity contribution >= 4 is 6.29 Å². The van der Waals surface area contributed by atoms with E-state index in [1.165, 1.54) is 0 Å². The fraction of sp³-hybridized carbons (Fsp3) is 0.909. The molecule has 0 bridgehead atoms. The van der Waals surface area contributed by atoms with Crippen LogP contribution in [-0.2, 0) is 4.79 Å². The van der Waals surface area contributed by atoms with Crippen LogP contribution in [0.2, 0.25) is 0 Å². The molecule has 0 heterocycles. The van der Waals surface area contributed by atoms with Gasteiger partial charge in [0.05, 0.1) is 0 Å². The van der Waals surface area contributed by atoms with Gasteiger partial charge >= 0.3 is 18.9 Å². The summed E-state index contributed by atoms with van der Waals surface area (Å²) in [6, 6.07) is 0. The van der Waals surface area contributed by atoms with Gasteiger partial charge in [-0.15, -0.1) is 0 Å². The molecule has 0 aromatic rings. The van der Waals surface area contributed by atoms with Crippen LogP contribution < -0.4 is 18.9 Å². The van der Waals surface area contributed by atoms with Crippen molar-refractivity contribution in [3.8, 4) is 0 Å². The summed E-state index contributed by atoms with van der Waals surface area (Å²) < 4.78 is 0. The minimum atomic E-state index is -0.139. The second-order valence-electron chi connectivity index (χ2n) is 4.58. The Kier molecular flexibility index (Phi) is 7.12. The zero-order valence-corrected chi connectivity index (χ0v) is 10.2. The van der Waals surface area contributed by atoms with E-state index in [9.17, 15) is 4.79 Å². The fourth-order valence-corrected chi connectivity index (χ4v) is 2.41. The molecule has 0 spiro atoms. The molecule has 0 aliphatic heterocycles. The van der Waals surface area contributed by atoms with Crippen LogP contribution in [0, 0.1) is 23.2 Å². The Morgan fingerprint density at radius 2 is 1.15 bits per heavy atom. The molecule has 1 nitrogen and oxygen atoms in total. The van der Waals surface area contributed by atoms with Crippen molar-refractivity contribution in [2.75, 3.05) is 0 Å². The van der Waals surface area contributed by atoms with Crippen LogP contribution in [0.5, 0.6) is 0 Å². The van der Waals surface area contributed by atoms with Crippen molar-refractivity contribution in [3.05, 3.63) is 0 Å². The van der Waals surface area contributed by atoms with Gasteiger partial charge in [0.1, 0.15) is 6.29 Å². The van der Waals surface area contributed by atoms with Crippen LogP contribution in [-0.4, -0.2) is 6.29 Å². The van der Waals surface area contributed by atoms with E-state index in [-0.39, 0.29) is 25.7 Å². The second-order valence-corrected chi connectivity index (χ2v) is 4.58. The molecule has 0 unspecified atom stereocenters. The van der Waals surface area contributed by atoms with Gasteiger partial charge in [-0.05, 0) is 17.8 Å². The van der Waals surface area contributed by atoms with Gasteiger partial charge in [0, 0.05) is 5.41 Å². The van der Waals surface area contributed by atoms with E-state index in [1.54, 1.807) is 0 Å². The minimum absolute atomic E-state index is 0. The summed E-state index contributed by atoms with van der Waals surface area (Å²) in [7, 11) is 0. The van der Waals surface area contributed by atoms with Crippen LogP contribution in [0.1, 0.15) is 43.0 Å². The maximum atomic E-state index is 11.2. The molecule has 13 heavy (non-hydrogen) atoms. The van der Waals surface area contributed by atoms with Crippen molar-refractivity contribution in [2.45, 2.75) is 41.5 Å². The molecule has 0 saturated heterocycles. The van der Waals surface area contributed by atoms with Crippen molar-refractivity contribution < 1.29 is 25.1 Å². The zero-order chi connectivity index (χ0) is 9.94. The average Bonchev–Trinajstić information content (AvgIpc) is 1.86. The van der Waals surface area contributed by atoms with Crippen LogP contribution in [0.3, 0.4) is 0 Å². The maximum absolute atomic E-state index is 11.2. The third-order valence-electron chi connectivity index (χ3n) is 3.20. The van der Waals surface area contributed by atoms with E-state index in [4.69, 9.17) is 0 Å². The summed E-state index contributed by atoms with van der Waals surface area (Å²) in [6.07, 6.45) is 1.16. The van der Waals surface area contributed by atoms with Crippen LogP contribution in [0.15, 0.2) is 0 Å². The predicted molar refractivity (Wildman–Crippen MR) is 54.1 cm³/mol. The fourth-order valence-electron chi connectivity index (χ4n) is 2.41. The number of hydrogen-bond donors (Lipinski definition) is 0. The Balaban J connectivity index is -0.000000605. The summed E-state index contributed by atoms with van der Waals surface area (Å²) >= 11 is 0. The molecule has 0 saturated carbocycles. The monoisotopic (exact) mass is 178 g/mol. The van der Waals surface area contributed by atoms with Gasteiger partial charge in [0.15, 0.2) is 0 Å². The molecule has 2 heteroatoms. The number of aldehydes is 1. The van der Waals surface area contributed by atoms with Gasteiger partial charge in [-0.25, -0.2) is 0 Å². The summed E-state index contributed by atoms with van der Waals surface area (Å²) in [6.45, 7) is 12.8. The molecule has 0 aromatic heterocycles. The molecule has 0 rings (SSSR count). The van der Waals surface area contributed by atoms with E-state index in [0.29, 0.717) is 17.8 Å². The maximum Gasteiger partial charge on any atom is 1.00 e. The van der Waals surface area contributed by atoms with E-state index in [2.05, 4.69) is 41.5 Å². The SMILES string of the molecule is CC(C)C(C=O)(C(C)C)C(C)C.[H-].[Li+]. The molecular weight excluding hydrogens is 155 g/mol. The Morgan fingerprint density at radius 1 is 0.923 bits per heavy atom. The van der Waals surface area contributed by atoms with Gasteiger partial charge in [-0.1, -0.05) is 41.5 Å². The van der Waals surface area contributed by atoms with Gasteiger partial charge in [-0.3, -0.25) is 0 Å². The molecule has 0 radical (unpaired) electrons. The molecule has 0 aliphatic carbocycles. The molecule has 0 atom stereocenters. The third kappa shape index (κ3) is 2.86. The van der Waals surface area contributed by atoms with Crippen LogP contribution in [0.25, 0.3) is 0 Å². The first kappa shape index (κ1) is 15.7. The first-order chi connectivity index (χ1) is 5.39. The quantitative estimate of drug-likeness (QED) is 0.446. The minimum Gasteiger partial charge on any atom is -1.00 e. The van der Waals surface area contributed by atoms with Gasteiger partial charge in [0.2, 0.25) is 0 Å². The zero-order valence-electron chi connectivity index (χ0n) is 11.2. The molecule has 0 amide bonds. The Bertz CT molecular complexity index is 134. The summed E-state index contributed by atoms with van der Waals surface area (Å²) in [5, 5.41) is 0. The normalized spacial score (nSPS) is 12.1. The second kappa shape index (κ2) is 5.89. The van der Waals surface area contributed by atoms with Gasteiger partial charge in [0.25, 0.3) is 0 Å². The van der Waals surface area contributed by atoms with Gasteiger partial charge in [-0.2, -0.15) is 0 Å². The molecule has 74 valence electrons. The largest absolute Gasteiger partial charge is 1.00 e. The molecule has 0 aliphatic rings. The molecule has 0 aromatic carbocycles. The number of rotatable bonds is 4. The predicted octanol–water partition coefficient (Wildman–Crippen LogP) is 0.256. The molecule has 0 fully saturated rings. The third-order valence-corrected chi connectivity index (χ3v) is 3.20. The Hall–Kier alpha value is 0.267. The summed E-state index contributed by atoms with van der Waals surface area (Å²) in [5.74, 6) is 1.28. The summed E-state index contributed by atoms with van der Waals surface area (Å²) in [4.78, 5) is 11.2. The molecular formula is C11H23LiO. The van der Waals surface area contributed by atoms with Crippen molar-refractivity contribution in [1.82, 2.24) is 0 Å². The first-order valence-corrected chi connectivity index (χ1v) is 4.85. The Labute approximate surface area is 96.3 Å². The van der Waals surface area contributed by atoms with Gasteiger partial charge < -0.3 is 6.22 Å². The van der Waals surface area contributed by atoms with Crippen molar-refractivity contribution in [2.24, 2.45) is 23.2 Å². The topological polar surface area (TPSA) is 17.1 Å². The van der Waals surface area contributed by atoms with Crippen molar-refractivity contribution in [1.29, 1.82) is 0 Å². The Morgan fingerprint density at radius 3 is 1.15 bits per heavy atom. The van der Waals surface area contributed by atoms with E-state index in [0.717, 1.165) is 6.29 Å². The number of hydrogen-bond acceptors (Lipinski definition) is 1. The standard InChI is InChI=1S/C11H22O.Li.H/c1-8(2)11(7-12,9(3)4)10(5)6;;/h7-10H,1-6H3;;/q;+1;-1.